The molecule has 0 bridgehead atoms. The first kappa shape index (κ1) is 12.6. The highest BCUT2D eigenvalue weighted by Gasteiger charge is 1.99. The quantitative estimate of drug-likeness (QED) is 0.518. The number of rotatable bonds is 4. The molecule has 2 aromatic rings. The zero-order chi connectivity index (χ0) is 12.8. The van der Waals surface area contributed by atoms with E-state index in [1.54, 1.807) is 6.08 Å². The van der Waals surface area contributed by atoms with Crippen LogP contribution in [0.3, 0.4) is 0 Å². The summed E-state index contributed by atoms with van der Waals surface area (Å²) in [7, 11) is 0. The lowest BCUT2D eigenvalue weighted by Gasteiger charge is -1.98. The molecule has 2 aromatic carbocycles. The van der Waals surface area contributed by atoms with E-state index in [-0.39, 0.29) is 5.78 Å². The van der Waals surface area contributed by atoms with Crippen LogP contribution in [0.1, 0.15) is 15.9 Å². The molecule has 1 N–H and O–H groups in total. The SMILES string of the molecule is O=C(C=Cc1ccc(NBr)cc1)c1ccccc1. The van der Waals surface area contributed by atoms with Gasteiger partial charge in [0.25, 0.3) is 0 Å². The van der Waals surface area contributed by atoms with Crippen LogP contribution in [0.2, 0.25) is 0 Å². The van der Waals surface area contributed by atoms with Crippen LogP contribution in [0, 0.1) is 0 Å². The summed E-state index contributed by atoms with van der Waals surface area (Å²) in [5.74, 6) is 0.0123. The normalized spacial score (nSPS) is 10.5. The Kier molecular flexibility index (Phi) is 4.31. The van der Waals surface area contributed by atoms with Crippen LogP contribution < -0.4 is 4.34 Å². The van der Waals surface area contributed by atoms with Crippen molar-refractivity contribution in [2.24, 2.45) is 0 Å². The molecule has 0 amide bonds. The Morgan fingerprint density at radius 1 is 1.00 bits per heavy atom. The lowest BCUT2D eigenvalue weighted by Crippen LogP contribution is -1.92. The van der Waals surface area contributed by atoms with Crippen LogP contribution in [-0.4, -0.2) is 5.78 Å². The van der Waals surface area contributed by atoms with Gasteiger partial charge in [0.05, 0.1) is 0 Å². The molecule has 0 fully saturated rings. The second-order valence-electron chi connectivity index (χ2n) is 3.78. The van der Waals surface area contributed by atoms with Crippen LogP contribution >= 0.6 is 16.1 Å². The molecule has 0 heterocycles. The summed E-state index contributed by atoms with van der Waals surface area (Å²) < 4.78 is 2.87. The Hall–Kier alpha value is -1.87. The van der Waals surface area contributed by atoms with E-state index in [9.17, 15) is 4.79 Å². The fourth-order valence-electron chi connectivity index (χ4n) is 1.53. The number of nitrogens with one attached hydrogen (secondary N) is 1. The van der Waals surface area contributed by atoms with Crippen molar-refractivity contribution in [2.75, 3.05) is 4.34 Å². The Morgan fingerprint density at radius 3 is 2.28 bits per heavy atom. The van der Waals surface area contributed by atoms with E-state index < -0.39 is 0 Å². The maximum Gasteiger partial charge on any atom is 0.185 e. The van der Waals surface area contributed by atoms with Gasteiger partial charge in [0.1, 0.15) is 0 Å². The molecule has 18 heavy (non-hydrogen) atoms. The molecule has 0 atom stereocenters. The summed E-state index contributed by atoms with van der Waals surface area (Å²) in [6.07, 6.45) is 3.40. The monoisotopic (exact) mass is 301 g/mol. The minimum atomic E-state index is 0.0123. The van der Waals surface area contributed by atoms with Gasteiger partial charge in [0.2, 0.25) is 0 Å². The number of anilines is 1. The van der Waals surface area contributed by atoms with E-state index in [0.717, 1.165) is 11.3 Å². The molecule has 0 aliphatic heterocycles. The minimum absolute atomic E-state index is 0.0123. The van der Waals surface area contributed by atoms with E-state index in [2.05, 4.69) is 20.5 Å². The highest BCUT2D eigenvalue weighted by atomic mass is 79.9. The van der Waals surface area contributed by atoms with Crippen molar-refractivity contribution < 1.29 is 4.79 Å². The van der Waals surface area contributed by atoms with Crippen molar-refractivity contribution in [2.45, 2.75) is 0 Å². The van der Waals surface area contributed by atoms with E-state index in [4.69, 9.17) is 0 Å². The number of hydrogen-bond acceptors (Lipinski definition) is 2. The average Bonchev–Trinajstić information content (AvgIpc) is 2.46. The Labute approximate surface area is 115 Å². The summed E-state index contributed by atoms with van der Waals surface area (Å²) in [6, 6.07) is 17.0. The van der Waals surface area contributed by atoms with Gasteiger partial charge < -0.3 is 4.34 Å². The predicted octanol–water partition coefficient (Wildman–Crippen LogP) is 4.30. The standard InChI is InChI=1S/C15H12BrNO/c16-17-14-9-6-12(7-10-14)8-11-15(18)13-4-2-1-3-5-13/h1-11,17H. The summed E-state index contributed by atoms with van der Waals surface area (Å²) in [5.41, 5.74) is 2.67. The Balaban J connectivity index is 2.08. The Morgan fingerprint density at radius 2 is 1.67 bits per heavy atom. The maximum absolute atomic E-state index is 11.8. The first-order valence-electron chi connectivity index (χ1n) is 5.54. The first-order valence-corrected chi connectivity index (χ1v) is 6.33. The number of hydrogen-bond donors (Lipinski definition) is 1. The molecule has 2 rings (SSSR count). The van der Waals surface area contributed by atoms with Gasteiger partial charge in [0, 0.05) is 27.4 Å². The number of benzene rings is 2. The smallest absolute Gasteiger partial charge is 0.185 e. The average molecular weight is 302 g/mol. The van der Waals surface area contributed by atoms with Gasteiger partial charge >= 0.3 is 0 Å². The molecule has 0 saturated carbocycles. The van der Waals surface area contributed by atoms with Crippen LogP contribution in [-0.2, 0) is 0 Å². The topological polar surface area (TPSA) is 29.1 Å². The van der Waals surface area contributed by atoms with Crippen LogP contribution in [0.5, 0.6) is 0 Å². The second-order valence-corrected chi connectivity index (χ2v) is 4.18. The van der Waals surface area contributed by atoms with Gasteiger partial charge in [-0.2, -0.15) is 0 Å². The van der Waals surface area contributed by atoms with Crippen molar-refractivity contribution in [1.29, 1.82) is 0 Å². The van der Waals surface area contributed by atoms with Crippen LogP contribution in [0.15, 0.2) is 60.7 Å². The molecular weight excluding hydrogens is 290 g/mol. The molecule has 90 valence electrons. The molecular formula is C15H12BrNO. The van der Waals surface area contributed by atoms with Crippen molar-refractivity contribution in [1.82, 2.24) is 0 Å². The minimum Gasteiger partial charge on any atom is -0.322 e. The molecule has 0 spiro atoms. The van der Waals surface area contributed by atoms with E-state index in [1.807, 2.05) is 60.7 Å². The van der Waals surface area contributed by atoms with Crippen molar-refractivity contribution in [3.05, 3.63) is 71.8 Å². The fourth-order valence-corrected chi connectivity index (χ4v) is 1.79. The Bertz CT molecular complexity index is 546. The lowest BCUT2D eigenvalue weighted by molar-refractivity contribution is 0.104. The molecule has 0 unspecified atom stereocenters. The van der Waals surface area contributed by atoms with Gasteiger partial charge in [-0.1, -0.05) is 48.5 Å². The fraction of sp³-hybridized carbons (Fsp3) is 0. The summed E-state index contributed by atoms with van der Waals surface area (Å²) in [5, 5.41) is 0. The van der Waals surface area contributed by atoms with E-state index in [0.29, 0.717) is 5.56 Å². The third-order valence-corrected chi connectivity index (χ3v) is 2.96. The maximum atomic E-state index is 11.8. The molecule has 0 radical (unpaired) electrons. The predicted molar refractivity (Wildman–Crippen MR) is 78.8 cm³/mol. The number of allylic oxidation sites excluding steroid dienone is 1. The van der Waals surface area contributed by atoms with Gasteiger partial charge in [-0.15, -0.1) is 0 Å². The highest BCUT2D eigenvalue weighted by Crippen LogP contribution is 2.12. The number of ketones is 1. The second kappa shape index (κ2) is 6.17. The van der Waals surface area contributed by atoms with Crippen LogP contribution in [0.25, 0.3) is 6.08 Å². The van der Waals surface area contributed by atoms with E-state index in [1.165, 1.54) is 0 Å². The number of carbonyl (C=O) groups excluding carboxylic acids is 1. The van der Waals surface area contributed by atoms with Crippen molar-refractivity contribution >= 4 is 33.7 Å². The molecule has 0 aliphatic rings. The van der Waals surface area contributed by atoms with Crippen molar-refractivity contribution in [3.63, 3.8) is 0 Å². The first-order chi connectivity index (χ1) is 8.79. The molecule has 2 nitrogen and oxygen atoms in total. The third-order valence-electron chi connectivity index (χ3n) is 2.51. The third kappa shape index (κ3) is 3.31. The summed E-state index contributed by atoms with van der Waals surface area (Å²) in [6.45, 7) is 0. The molecule has 0 aromatic heterocycles. The molecule has 0 aliphatic carbocycles. The van der Waals surface area contributed by atoms with Gasteiger partial charge in [-0.05, 0) is 23.8 Å². The van der Waals surface area contributed by atoms with Gasteiger partial charge in [-0.25, -0.2) is 0 Å². The largest absolute Gasteiger partial charge is 0.322 e. The van der Waals surface area contributed by atoms with Crippen molar-refractivity contribution in [3.8, 4) is 0 Å². The van der Waals surface area contributed by atoms with Crippen LogP contribution in [0.4, 0.5) is 5.69 Å². The zero-order valence-electron chi connectivity index (χ0n) is 9.64. The van der Waals surface area contributed by atoms with E-state index >= 15 is 0 Å². The summed E-state index contributed by atoms with van der Waals surface area (Å²) >= 11 is 3.15. The molecule has 3 heteroatoms. The van der Waals surface area contributed by atoms with Gasteiger partial charge in [-0.3, -0.25) is 4.79 Å². The van der Waals surface area contributed by atoms with Gasteiger partial charge in [0.15, 0.2) is 5.78 Å². The lowest BCUT2D eigenvalue weighted by atomic mass is 10.1. The number of halogens is 1. The highest BCUT2D eigenvalue weighted by molar-refractivity contribution is 9.10. The summed E-state index contributed by atoms with van der Waals surface area (Å²) in [4.78, 5) is 11.8. The number of carbonyl (C=O) groups is 1. The molecule has 0 saturated heterocycles. The zero-order valence-corrected chi connectivity index (χ0v) is 11.2.